The van der Waals surface area contributed by atoms with Crippen molar-refractivity contribution in [2.45, 2.75) is 18.9 Å². The minimum Gasteiger partial charge on any atom is -0.492 e. The summed E-state index contributed by atoms with van der Waals surface area (Å²) in [6.45, 7) is 3.14. The second kappa shape index (κ2) is 8.68. The highest BCUT2D eigenvalue weighted by molar-refractivity contribution is 7.87. The van der Waals surface area contributed by atoms with E-state index in [4.69, 9.17) is 4.74 Å². The molecule has 2 atom stereocenters. The van der Waals surface area contributed by atoms with Crippen LogP contribution in [0, 0.1) is 11.8 Å². The maximum absolute atomic E-state index is 12.2. The van der Waals surface area contributed by atoms with E-state index in [0.717, 1.165) is 25.4 Å². The third kappa shape index (κ3) is 5.56. The molecule has 25 heavy (non-hydrogen) atoms. The molecule has 1 aromatic carbocycles. The predicted octanol–water partition coefficient (Wildman–Crippen LogP) is 1.59. The van der Waals surface area contributed by atoms with Crippen LogP contribution in [0.2, 0.25) is 0 Å². The molecule has 6 nitrogen and oxygen atoms in total. The molecular weight excluding hydrogens is 362 g/mol. The van der Waals surface area contributed by atoms with Crippen LogP contribution in [0.1, 0.15) is 12.8 Å². The fraction of sp³-hybridized carbons (Fsp3) is 0.647. The van der Waals surface area contributed by atoms with Gasteiger partial charge in [0.1, 0.15) is 12.4 Å². The van der Waals surface area contributed by atoms with Crippen molar-refractivity contribution in [3.05, 3.63) is 30.3 Å². The SMILES string of the molecule is CN(C)S(=O)(=O)N[C@H]1CN(CCOc2ccccc2)C[C@@H]1C1CC1.Cl. The molecule has 3 rings (SSSR count). The second-order valence-corrected chi connectivity index (χ2v) is 8.85. The lowest BCUT2D eigenvalue weighted by atomic mass is 9.99. The molecule has 1 aliphatic heterocycles. The number of nitrogens with one attached hydrogen (secondary N) is 1. The van der Waals surface area contributed by atoms with Gasteiger partial charge in [-0.05, 0) is 36.8 Å². The zero-order valence-corrected chi connectivity index (χ0v) is 16.4. The van der Waals surface area contributed by atoms with E-state index < -0.39 is 10.2 Å². The van der Waals surface area contributed by atoms with E-state index in [0.29, 0.717) is 18.4 Å². The fourth-order valence-corrected chi connectivity index (χ4v) is 4.17. The highest BCUT2D eigenvalue weighted by Gasteiger charge is 2.43. The third-order valence-corrected chi connectivity index (χ3v) is 6.43. The highest BCUT2D eigenvalue weighted by atomic mass is 35.5. The van der Waals surface area contributed by atoms with Gasteiger partial charge in [0, 0.05) is 39.8 Å². The molecule has 2 aliphatic rings. The van der Waals surface area contributed by atoms with Crippen LogP contribution in [-0.2, 0) is 10.2 Å². The minimum atomic E-state index is -3.38. The number of nitrogens with zero attached hydrogens (tertiary/aromatic N) is 2. The fourth-order valence-electron chi connectivity index (χ4n) is 3.33. The quantitative estimate of drug-likeness (QED) is 0.733. The van der Waals surface area contributed by atoms with Crippen molar-refractivity contribution >= 4 is 22.6 Å². The molecule has 8 heteroatoms. The summed E-state index contributed by atoms with van der Waals surface area (Å²) < 4.78 is 34.2. The van der Waals surface area contributed by atoms with Crippen LogP contribution in [0.3, 0.4) is 0 Å². The second-order valence-electron chi connectivity index (χ2n) is 6.93. The molecule has 0 amide bonds. The van der Waals surface area contributed by atoms with Crippen molar-refractivity contribution in [2.24, 2.45) is 11.8 Å². The van der Waals surface area contributed by atoms with Crippen LogP contribution in [-0.4, -0.2) is 64.0 Å². The summed E-state index contributed by atoms with van der Waals surface area (Å²) >= 11 is 0. The van der Waals surface area contributed by atoms with Crippen LogP contribution in [0.4, 0.5) is 0 Å². The molecule has 2 fully saturated rings. The van der Waals surface area contributed by atoms with Crippen LogP contribution in [0.15, 0.2) is 30.3 Å². The van der Waals surface area contributed by atoms with E-state index in [-0.39, 0.29) is 18.4 Å². The van der Waals surface area contributed by atoms with E-state index in [1.54, 1.807) is 14.1 Å². The van der Waals surface area contributed by atoms with E-state index in [1.165, 1.54) is 17.1 Å². The largest absolute Gasteiger partial charge is 0.492 e. The van der Waals surface area contributed by atoms with Gasteiger partial charge in [-0.25, -0.2) is 0 Å². The van der Waals surface area contributed by atoms with Gasteiger partial charge in [0.15, 0.2) is 0 Å². The molecule has 1 heterocycles. The Hall–Kier alpha value is -0.860. The van der Waals surface area contributed by atoms with Crippen molar-refractivity contribution in [3.8, 4) is 5.75 Å². The maximum Gasteiger partial charge on any atom is 0.279 e. The van der Waals surface area contributed by atoms with Gasteiger partial charge in [-0.15, -0.1) is 12.4 Å². The number of ether oxygens (including phenoxy) is 1. The normalized spacial score (nSPS) is 24.3. The topological polar surface area (TPSA) is 61.9 Å². The Labute approximate surface area is 157 Å². The Morgan fingerprint density at radius 2 is 1.88 bits per heavy atom. The number of para-hydroxylation sites is 1. The Morgan fingerprint density at radius 1 is 1.20 bits per heavy atom. The molecule has 1 saturated heterocycles. The van der Waals surface area contributed by atoms with Gasteiger partial charge in [0.2, 0.25) is 0 Å². The van der Waals surface area contributed by atoms with Crippen molar-refractivity contribution in [1.29, 1.82) is 0 Å². The zero-order chi connectivity index (χ0) is 17.2. The monoisotopic (exact) mass is 389 g/mol. The van der Waals surface area contributed by atoms with E-state index in [9.17, 15) is 8.42 Å². The van der Waals surface area contributed by atoms with E-state index in [2.05, 4.69) is 9.62 Å². The molecule has 142 valence electrons. The Bertz CT molecular complexity index is 638. The Morgan fingerprint density at radius 3 is 2.48 bits per heavy atom. The predicted molar refractivity (Wildman–Crippen MR) is 101 cm³/mol. The number of likely N-dealkylation sites (tertiary alicyclic amines) is 1. The molecule has 1 aliphatic carbocycles. The summed E-state index contributed by atoms with van der Waals surface area (Å²) in [7, 11) is -0.253. The van der Waals surface area contributed by atoms with E-state index >= 15 is 0 Å². The van der Waals surface area contributed by atoms with Crippen molar-refractivity contribution in [3.63, 3.8) is 0 Å². The molecule has 1 N–H and O–H groups in total. The van der Waals surface area contributed by atoms with Gasteiger partial charge < -0.3 is 4.74 Å². The first-order valence-corrected chi connectivity index (χ1v) is 10.00. The smallest absolute Gasteiger partial charge is 0.279 e. The lowest BCUT2D eigenvalue weighted by Gasteiger charge is -2.21. The first kappa shape index (κ1) is 20.5. The molecule has 0 unspecified atom stereocenters. The highest BCUT2D eigenvalue weighted by Crippen LogP contribution is 2.41. The molecule has 0 bridgehead atoms. The number of halogens is 1. The maximum atomic E-state index is 12.2. The summed E-state index contributed by atoms with van der Waals surface area (Å²) in [5.74, 6) is 1.96. The van der Waals surface area contributed by atoms with Crippen LogP contribution >= 0.6 is 12.4 Å². The summed E-state index contributed by atoms with van der Waals surface area (Å²) in [6.07, 6.45) is 2.44. The molecule has 1 saturated carbocycles. The molecule has 1 aromatic rings. The van der Waals surface area contributed by atoms with Gasteiger partial charge in [0.05, 0.1) is 0 Å². The van der Waals surface area contributed by atoms with Gasteiger partial charge in [0.25, 0.3) is 10.2 Å². The zero-order valence-electron chi connectivity index (χ0n) is 14.8. The average Bonchev–Trinajstić information content (AvgIpc) is 3.31. The summed E-state index contributed by atoms with van der Waals surface area (Å²) in [6, 6.07) is 9.78. The first-order valence-electron chi connectivity index (χ1n) is 8.55. The Balaban J connectivity index is 0.00000225. The van der Waals surface area contributed by atoms with Gasteiger partial charge in [-0.2, -0.15) is 17.4 Å². The minimum absolute atomic E-state index is 0. The molecule has 0 spiro atoms. The first-order chi connectivity index (χ1) is 11.5. The molecule has 0 aromatic heterocycles. The molecule has 0 radical (unpaired) electrons. The van der Waals surface area contributed by atoms with E-state index in [1.807, 2.05) is 30.3 Å². The van der Waals surface area contributed by atoms with Gasteiger partial charge in [-0.3, -0.25) is 4.90 Å². The lowest BCUT2D eigenvalue weighted by Crippen LogP contribution is -2.46. The average molecular weight is 390 g/mol. The van der Waals surface area contributed by atoms with Crippen LogP contribution in [0.5, 0.6) is 5.75 Å². The number of benzene rings is 1. The van der Waals surface area contributed by atoms with Crippen LogP contribution < -0.4 is 9.46 Å². The van der Waals surface area contributed by atoms with Crippen LogP contribution in [0.25, 0.3) is 0 Å². The molecular formula is C17H28ClN3O3S. The van der Waals surface area contributed by atoms with Crippen molar-refractivity contribution in [1.82, 2.24) is 13.9 Å². The summed E-state index contributed by atoms with van der Waals surface area (Å²) in [5, 5.41) is 0. The standard InChI is InChI=1S/C17H27N3O3S.ClH/c1-19(2)24(21,22)18-17-13-20(12-16(17)14-8-9-14)10-11-23-15-6-4-3-5-7-15;/h3-7,14,16-18H,8-13H2,1-2H3;1H/t16-,17+;/m1./s1. The Kier molecular flexibility index (Phi) is 7.10. The van der Waals surface area contributed by atoms with Gasteiger partial charge in [-0.1, -0.05) is 18.2 Å². The number of hydrogen-bond acceptors (Lipinski definition) is 4. The number of hydrogen-bond donors (Lipinski definition) is 1. The van der Waals surface area contributed by atoms with Crippen molar-refractivity contribution < 1.29 is 13.2 Å². The summed E-state index contributed by atoms with van der Waals surface area (Å²) in [4.78, 5) is 2.31. The summed E-state index contributed by atoms with van der Waals surface area (Å²) in [5.41, 5.74) is 0. The number of rotatable bonds is 8. The van der Waals surface area contributed by atoms with Gasteiger partial charge >= 0.3 is 0 Å². The third-order valence-electron chi connectivity index (χ3n) is 4.87. The lowest BCUT2D eigenvalue weighted by molar-refractivity contribution is 0.230. The van der Waals surface area contributed by atoms with Crippen molar-refractivity contribution in [2.75, 3.05) is 40.3 Å².